The Kier molecular flexibility index (Phi) is 10.3. The summed E-state index contributed by atoms with van der Waals surface area (Å²) in [5.74, 6) is -0.455. The lowest BCUT2D eigenvalue weighted by Gasteiger charge is -2.38. The maximum absolute atomic E-state index is 13.8. The van der Waals surface area contributed by atoms with Gasteiger partial charge in [-0.2, -0.15) is 0 Å². The lowest BCUT2D eigenvalue weighted by molar-refractivity contribution is -0.145. The quantitative estimate of drug-likeness (QED) is 0.248. The first-order valence-corrected chi connectivity index (χ1v) is 14.1. The first kappa shape index (κ1) is 28.5. The maximum atomic E-state index is 13.8. The first-order valence-electron chi connectivity index (χ1n) is 12.5. The minimum Gasteiger partial charge on any atom is -0.385 e. The maximum Gasteiger partial charge on any atom is 0.269 e. The molecule has 2 amide bonds. The summed E-state index contributed by atoms with van der Waals surface area (Å²) in [6.45, 7) is 9.29. The highest BCUT2D eigenvalue weighted by Gasteiger charge is 2.47. The van der Waals surface area contributed by atoms with Crippen LogP contribution >= 0.6 is 23.5 Å². The van der Waals surface area contributed by atoms with Crippen LogP contribution in [-0.2, 0) is 19.1 Å². The number of amides is 2. The average Bonchev–Trinajstić information content (AvgIpc) is 3.13. The van der Waals surface area contributed by atoms with E-state index in [-0.39, 0.29) is 17.4 Å². The summed E-state index contributed by atoms with van der Waals surface area (Å²) in [4.78, 5) is 32.0. The fourth-order valence-corrected chi connectivity index (χ4v) is 6.03. The van der Waals surface area contributed by atoms with Crippen molar-refractivity contribution < 1.29 is 19.1 Å². The molecule has 0 saturated heterocycles. The van der Waals surface area contributed by atoms with E-state index in [9.17, 15) is 9.59 Å². The number of imide groups is 1. The number of methoxy groups -OCH3 is 1. The molecule has 7 heteroatoms. The summed E-state index contributed by atoms with van der Waals surface area (Å²) in [6.07, 6.45) is 2.86. The van der Waals surface area contributed by atoms with E-state index in [2.05, 4.69) is 13.8 Å². The van der Waals surface area contributed by atoms with Crippen LogP contribution in [0.1, 0.15) is 53.4 Å². The van der Waals surface area contributed by atoms with Crippen LogP contribution in [0.25, 0.3) is 0 Å². The van der Waals surface area contributed by atoms with Gasteiger partial charge >= 0.3 is 0 Å². The number of hydrogen-bond acceptors (Lipinski definition) is 6. The second-order valence-corrected chi connectivity index (χ2v) is 11.6. The number of hydrogen-bond donors (Lipinski definition) is 0. The molecule has 0 aliphatic carbocycles. The van der Waals surface area contributed by atoms with E-state index >= 15 is 0 Å². The van der Waals surface area contributed by atoms with Gasteiger partial charge in [0.2, 0.25) is 0 Å². The van der Waals surface area contributed by atoms with Crippen LogP contribution in [0.15, 0.2) is 80.3 Å². The van der Waals surface area contributed by atoms with Crippen LogP contribution in [0.4, 0.5) is 0 Å². The zero-order chi connectivity index (χ0) is 26.2. The van der Waals surface area contributed by atoms with E-state index in [4.69, 9.17) is 9.47 Å². The topological polar surface area (TPSA) is 55.8 Å². The van der Waals surface area contributed by atoms with Gasteiger partial charge < -0.3 is 9.47 Å². The van der Waals surface area contributed by atoms with Gasteiger partial charge in [-0.05, 0) is 63.8 Å². The minimum absolute atomic E-state index is 0.228. The van der Waals surface area contributed by atoms with E-state index in [1.807, 2.05) is 74.5 Å². The number of benzene rings is 2. The molecule has 5 nitrogen and oxygen atoms in total. The van der Waals surface area contributed by atoms with Gasteiger partial charge in [-0.1, -0.05) is 73.8 Å². The molecule has 0 bridgehead atoms. The molecule has 2 unspecified atom stereocenters. The van der Waals surface area contributed by atoms with Gasteiger partial charge in [-0.3, -0.25) is 14.5 Å². The van der Waals surface area contributed by atoms with Crippen molar-refractivity contribution in [1.82, 2.24) is 4.90 Å². The average molecular weight is 528 g/mol. The molecule has 0 fully saturated rings. The molecule has 0 saturated carbocycles. The Morgan fingerprint density at radius 1 is 0.750 bits per heavy atom. The largest absolute Gasteiger partial charge is 0.385 e. The Morgan fingerprint density at radius 2 is 1.25 bits per heavy atom. The van der Waals surface area contributed by atoms with Crippen LogP contribution in [0.2, 0.25) is 0 Å². The fraction of sp³-hybridized carbons (Fsp3) is 0.448. The van der Waals surface area contributed by atoms with E-state index in [1.165, 1.54) is 28.4 Å². The number of rotatable bonds is 14. The van der Waals surface area contributed by atoms with E-state index < -0.39 is 5.54 Å². The second kappa shape index (κ2) is 13.0. The standard InChI is InChI=1S/C29H37NO4S2/c1-6-28(3,18-21-34-29(4,7-2)19-20-33-5)30-26(31)24(35-22-14-10-8-11-15-22)25(27(30)32)36-23-16-12-9-13-17-23/h8-17H,6-7,18-21H2,1-5H3. The lowest BCUT2D eigenvalue weighted by atomic mass is 9.92. The highest BCUT2D eigenvalue weighted by atomic mass is 32.2. The van der Waals surface area contributed by atoms with Gasteiger partial charge in [-0.15, -0.1) is 0 Å². The van der Waals surface area contributed by atoms with Crippen LogP contribution in [0, 0.1) is 0 Å². The fourth-order valence-electron chi connectivity index (χ4n) is 4.01. The van der Waals surface area contributed by atoms with E-state index in [0.29, 0.717) is 35.9 Å². The third-order valence-electron chi connectivity index (χ3n) is 6.90. The smallest absolute Gasteiger partial charge is 0.269 e. The lowest BCUT2D eigenvalue weighted by Crippen LogP contribution is -2.51. The monoisotopic (exact) mass is 527 g/mol. The van der Waals surface area contributed by atoms with Gasteiger partial charge in [0.1, 0.15) is 0 Å². The molecule has 36 heavy (non-hydrogen) atoms. The number of thioether (sulfide) groups is 2. The Bertz CT molecular complexity index is 996. The van der Waals surface area contributed by atoms with Crippen molar-refractivity contribution in [3.8, 4) is 0 Å². The highest BCUT2D eigenvalue weighted by molar-refractivity contribution is 8.08. The van der Waals surface area contributed by atoms with Crippen molar-refractivity contribution in [1.29, 1.82) is 0 Å². The second-order valence-electron chi connectivity index (χ2n) is 9.43. The number of ether oxygens (including phenoxy) is 2. The molecule has 3 rings (SSSR count). The normalized spacial score (nSPS) is 17.4. The van der Waals surface area contributed by atoms with Crippen LogP contribution in [0.5, 0.6) is 0 Å². The summed E-state index contributed by atoms with van der Waals surface area (Å²) < 4.78 is 11.6. The summed E-state index contributed by atoms with van der Waals surface area (Å²) in [6, 6.07) is 19.5. The number of nitrogens with zero attached hydrogens (tertiary/aromatic N) is 1. The first-order chi connectivity index (χ1) is 17.3. The molecule has 0 spiro atoms. The molecule has 0 N–H and O–H groups in total. The molecular weight excluding hydrogens is 490 g/mol. The Labute approximate surface area is 224 Å². The van der Waals surface area contributed by atoms with E-state index in [0.717, 1.165) is 22.6 Å². The zero-order valence-electron chi connectivity index (χ0n) is 21.9. The summed E-state index contributed by atoms with van der Waals surface area (Å²) in [5.41, 5.74) is -0.962. The molecule has 0 radical (unpaired) electrons. The molecule has 1 aliphatic rings. The highest BCUT2D eigenvalue weighted by Crippen LogP contribution is 2.45. The molecule has 194 valence electrons. The van der Waals surface area contributed by atoms with Crippen molar-refractivity contribution >= 4 is 35.3 Å². The molecule has 1 heterocycles. The summed E-state index contributed by atoms with van der Waals surface area (Å²) in [7, 11) is 1.69. The van der Waals surface area contributed by atoms with Gasteiger partial charge in [-0.25, -0.2) is 0 Å². The van der Waals surface area contributed by atoms with Gasteiger partial charge in [0.15, 0.2) is 0 Å². The molecule has 2 aromatic carbocycles. The zero-order valence-corrected chi connectivity index (χ0v) is 23.5. The van der Waals surface area contributed by atoms with Crippen molar-refractivity contribution in [2.75, 3.05) is 20.3 Å². The van der Waals surface area contributed by atoms with E-state index in [1.54, 1.807) is 7.11 Å². The van der Waals surface area contributed by atoms with Crippen LogP contribution < -0.4 is 0 Å². The van der Waals surface area contributed by atoms with Gasteiger partial charge in [0.25, 0.3) is 11.8 Å². The van der Waals surface area contributed by atoms with Crippen molar-refractivity contribution in [2.24, 2.45) is 0 Å². The number of carbonyl (C=O) groups excluding carboxylic acids is 2. The van der Waals surface area contributed by atoms with Crippen LogP contribution in [-0.4, -0.2) is 48.2 Å². The van der Waals surface area contributed by atoms with Crippen molar-refractivity contribution in [2.45, 2.75) is 74.3 Å². The van der Waals surface area contributed by atoms with Crippen LogP contribution in [0.3, 0.4) is 0 Å². The third kappa shape index (κ3) is 6.82. The Balaban J connectivity index is 1.85. The number of carbonyl (C=O) groups is 2. The molecule has 2 atom stereocenters. The Morgan fingerprint density at radius 3 is 1.67 bits per heavy atom. The third-order valence-corrected chi connectivity index (χ3v) is 9.21. The van der Waals surface area contributed by atoms with Gasteiger partial charge in [0.05, 0.1) is 21.0 Å². The molecule has 1 aliphatic heterocycles. The minimum atomic E-state index is -0.661. The molecule has 2 aromatic rings. The predicted molar refractivity (Wildman–Crippen MR) is 148 cm³/mol. The summed E-state index contributed by atoms with van der Waals surface area (Å²) in [5, 5.41) is 0. The SMILES string of the molecule is CCC(C)(CCOC)OCCC(C)(CC)N1C(=O)C(Sc2ccccc2)=C(Sc2ccccc2)C1=O. The molecular formula is C29H37NO4S2. The summed E-state index contributed by atoms with van der Waals surface area (Å²) >= 11 is 2.73. The van der Waals surface area contributed by atoms with Crippen molar-refractivity contribution in [3.05, 3.63) is 70.5 Å². The van der Waals surface area contributed by atoms with Gasteiger partial charge in [0, 0.05) is 30.1 Å². The molecule has 0 aromatic heterocycles. The predicted octanol–water partition coefficient (Wildman–Crippen LogP) is 6.93. The Hall–Kier alpha value is -2.06. The van der Waals surface area contributed by atoms with Crippen molar-refractivity contribution in [3.63, 3.8) is 0 Å².